The molecule has 0 saturated carbocycles. The number of halogens is 1. The average molecular weight is 243 g/mol. The fourth-order valence-electron chi connectivity index (χ4n) is 1.46. The summed E-state index contributed by atoms with van der Waals surface area (Å²) in [6.45, 7) is 0. The van der Waals surface area contributed by atoms with Crippen molar-refractivity contribution in [2.24, 2.45) is 10.2 Å². The number of anilines is 1. The van der Waals surface area contributed by atoms with Gasteiger partial charge >= 0.3 is 0 Å². The van der Waals surface area contributed by atoms with Gasteiger partial charge in [-0.1, -0.05) is 18.2 Å². The highest BCUT2D eigenvalue weighted by molar-refractivity contribution is 5.53. The van der Waals surface area contributed by atoms with Crippen LogP contribution in [0.4, 0.5) is 21.5 Å². The molecule has 4 heteroatoms. The van der Waals surface area contributed by atoms with E-state index in [9.17, 15) is 4.39 Å². The molecule has 2 rings (SSSR count). The van der Waals surface area contributed by atoms with Gasteiger partial charge in [0, 0.05) is 19.8 Å². The minimum Gasteiger partial charge on any atom is -0.378 e. The number of nitrogens with zero attached hydrogens (tertiary/aromatic N) is 3. The lowest BCUT2D eigenvalue weighted by Crippen LogP contribution is -2.08. The zero-order chi connectivity index (χ0) is 13.0. The largest absolute Gasteiger partial charge is 0.378 e. The Morgan fingerprint density at radius 2 is 1.67 bits per heavy atom. The average Bonchev–Trinajstić information content (AvgIpc) is 2.38. The van der Waals surface area contributed by atoms with Crippen molar-refractivity contribution in [3.05, 3.63) is 54.3 Å². The highest BCUT2D eigenvalue weighted by Crippen LogP contribution is 2.24. The second kappa shape index (κ2) is 5.40. The van der Waals surface area contributed by atoms with Gasteiger partial charge in [-0.25, -0.2) is 4.39 Å². The summed E-state index contributed by atoms with van der Waals surface area (Å²) in [5.74, 6) is -0.374. The van der Waals surface area contributed by atoms with Crippen LogP contribution >= 0.6 is 0 Å². The van der Waals surface area contributed by atoms with E-state index in [4.69, 9.17) is 0 Å². The maximum Gasteiger partial charge on any atom is 0.152 e. The maximum absolute atomic E-state index is 13.7. The first-order valence-corrected chi connectivity index (χ1v) is 5.60. The van der Waals surface area contributed by atoms with Crippen LogP contribution in [0.3, 0.4) is 0 Å². The smallest absolute Gasteiger partial charge is 0.152 e. The lowest BCUT2D eigenvalue weighted by Gasteiger charge is -2.12. The van der Waals surface area contributed by atoms with Crippen molar-refractivity contribution in [2.75, 3.05) is 19.0 Å². The lowest BCUT2D eigenvalue weighted by molar-refractivity contribution is 0.628. The predicted octanol–water partition coefficient (Wildman–Crippen LogP) is 4.31. The van der Waals surface area contributed by atoms with Crippen LogP contribution in [0.5, 0.6) is 0 Å². The van der Waals surface area contributed by atoms with E-state index >= 15 is 0 Å². The van der Waals surface area contributed by atoms with Crippen molar-refractivity contribution in [3.8, 4) is 0 Å². The van der Waals surface area contributed by atoms with Crippen LogP contribution in [-0.2, 0) is 0 Å². The Balaban J connectivity index is 2.22. The molecule has 3 nitrogen and oxygen atoms in total. The molecule has 0 aliphatic heterocycles. The quantitative estimate of drug-likeness (QED) is 0.738. The Hall–Kier alpha value is -2.23. The van der Waals surface area contributed by atoms with Gasteiger partial charge in [0.15, 0.2) is 5.82 Å². The summed E-state index contributed by atoms with van der Waals surface area (Å²) in [6, 6.07) is 14.1. The van der Waals surface area contributed by atoms with Gasteiger partial charge in [-0.3, -0.25) is 0 Å². The van der Waals surface area contributed by atoms with E-state index in [-0.39, 0.29) is 11.5 Å². The van der Waals surface area contributed by atoms with E-state index in [1.54, 1.807) is 6.07 Å². The van der Waals surface area contributed by atoms with Gasteiger partial charge in [0.1, 0.15) is 5.69 Å². The molecule has 0 radical (unpaired) electrons. The molecule has 0 unspecified atom stereocenters. The number of rotatable bonds is 3. The van der Waals surface area contributed by atoms with Crippen LogP contribution in [0.2, 0.25) is 0 Å². The minimum absolute atomic E-state index is 0.240. The highest BCUT2D eigenvalue weighted by Gasteiger charge is 2.03. The van der Waals surface area contributed by atoms with Crippen LogP contribution in [0.1, 0.15) is 0 Å². The highest BCUT2D eigenvalue weighted by atomic mass is 19.1. The molecule has 92 valence electrons. The van der Waals surface area contributed by atoms with Crippen molar-refractivity contribution in [3.63, 3.8) is 0 Å². The molecule has 0 heterocycles. The van der Waals surface area contributed by atoms with Crippen LogP contribution in [0, 0.1) is 5.82 Å². The molecule has 0 aliphatic carbocycles. The summed E-state index contributed by atoms with van der Waals surface area (Å²) in [4.78, 5) is 1.83. The number of benzene rings is 2. The van der Waals surface area contributed by atoms with E-state index in [0.717, 1.165) is 5.69 Å². The first kappa shape index (κ1) is 12.2. The van der Waals surface area contributed by atoms with Crippen LogP contribution in [0.15, 0.2) is 58.8 Å². The lowest BCUT2D eigenvalue weighted by atomic mass is 10.2. The van der Waals surface area contributed by atoms with E-state index in [0.29, 0.717) is 5.69 Å². The monoisotopic (exact) mass is 243 g/mol. The Labute approximate surface area is 106 Å². The van der Waals surface area contributed by atoms with Gasteiger partial charge < -0.3 is 4.90 Å². The van der Waals surface area contributed by atoms with Crippen molar-refractivity contribution >= 4 is 17.1 Å². The molecule has 18 heavy (non-hydrogen) atoms. The predicted molar refractivity (Wildman–Crippen MR) is 71.3 cm³/mol. The van der Waals surface area contributed by atoms with E-state index in [1.807, 2.05) is 55.4 Å². The normalized spacial score (nSPS) is 10.8. The van der Waals surface area contributed by atoms with Crippen molar-refractivity contribution < 1.29 is 4.39 Å². The van der Waals surface area contributed by atoms with Gasteiger partial charge in [0.2, 0.25) is 0 Å². The first-order valence-electron chi connectivity index (χ1n) is 5.60. The van der Waals surface area contributed by atoms with Crippen LogP contribution in [-0.4, -0.2) is 14.1 Å². The summed E-state index contributed by atoms with van der Waals surface area (Å²) < 4.78 is 13.7. The zero-order valence-corrected chi connectivity index (χ0v) is 10.3. The SMILES string of the molecule is CN(C)c1ccc(N=Nc2ccccc2)c(F)c1. The first-order chi connectivity index (χ1) is 8.66. The zero-order valence-electron chi connectivity index (χ0n) is 10.3. The summed E-state index contributed by atoms with van der Waals surface area (Å²) >= 11 is 0. The summed E-state index contributed by atoms with van der Waals surface area (Å²) in [6.07, 6.45) is 0. The van der Waals surface area contributed by atoms with Crippen LogP contribution < -0.4 is 4.90 Å². The summed E-state index contributed by atoms with van der Waals surface area (Å²) in [7, 11) is 3.72. The number of azo groups is 1. The Morgan fingerprint density at radius 1 is 0.944 bits per heavy atom. The minimum atomic E-state index is -0.374. The molecule has 0 spiro atoms. The summed E-state index contributed by atoms with van der Waals surface area (Å²) in [5, 5.41) is 7.89. The molecule has 0 saturated heterocycles. The molecule has 0 atom stereocenters. The van der Waals surface area contributed by atoms with Gasteiger partial charge in [-0.05, 0) is 30.3 Å². The molecule has 0 bridgehead atoms. The molecule has 2 aromatic carbocycles. The van der Waals surface area contributed by atoms with Crippen molar-refractivity contribution in [1.29, 1.82) is 0 Å². The van der Waals surface area contributed by atoms with Crippen molar-refractivity contribution in [1.82, 2.24) is 0 Å². The van der Waals surface area contributed by atoms with E-state index in [2.05, 4.69) is 10.2 Å². The molecule has 0 amide bonds. The summed E-state index contributed by atoms with van der Waals surface area (Å²) in [5.41, 5.74) is 1.74. The third-order valence-electron chi connectivity index (χ3n) is 2.48. The second-order valence-electron chi connectivity index (χ2n) is 4.07. The Bertz CT molecular complexity index is 550. The Kier molecular flexibility index (Phi) is 3.67. The molecule has 0 fully saturated rings. The molecule has 2 aromatic rings. The molecule has 0 aliphatic rings. The maximum atomic E-state index is 13.7. The molecule has 0 N–H and O–H groups in total. The van der Waals surface area contributed by atoms with Gasteiger partial charge in [-0.2, -0.15) is 5.11 Å². The van der Waals surface area contributed by atoms with E-state index < -0.39 is 0 Å². The fraction of sp³-hybridized carbons (Fsp3) is 0.143. The third-order valence-corrected chi connectivity index (χ3v) is 2.48. The van der Waals surface area contributed by atoms with Gasteiger partial charge in [0.25, 0.3) is 0 Å². The van der Waals surface area contributed by atoms with Crippen LogP contribution in [0.25, 0.3) is 0 Å². The molecular formula is C14H14FN3. The van der Waals surface area contributed by atoms with Gasteiger partial charge in [-0.15, -0.1) is 5.11 Å². The number of hydrogen-bond acceptors (Lipinski definition) is 3. The molecular weight excluding hydrogens is 229 g/mol. The van der Waals surface area contributed by atoms with E-state index in [1.165, 1.54) is 6.07 Å². The third kappa shape index (κ3) is 2.91. The number of hydrogen-bond donors (Lipinski definition) is 0. The van der Waals surface area contributed by atoms with Crippen molar-refractivity contribution in [2.45, 2.75) is 0 Å². The topological polar surface area (TPSA) is 28.0 Å². The standard InChI is InChI=1S/C14H14FN3/c1-18(2)12-8-9-14(13(15)10-12)17-16-11-6-4-3-5-7-11/h3-10H,1-2H3. The Morgan fingerprint density at radius 3 is 2.28 bits per heavy atom. The second-order valence-corrected chi connectivity index (χ2v) is 4.07. The van der Waals surface area contributed by atoms with Gasteiger partial charge in [0.05, 0.1) is 5.69 Å². The molecule has 0 aromatic heterocycles. The fourth-order valence-corrected chi connectivity index (χ4v) is 1.46.